The third-order valence-corrected chi connectivity index (χ3v) is 2.88. The van der Waals surface area contributed by atoms with Gasteiger partial charge in [0.2, 0.25) is 5.75 Å². The molecule has 0 heterocycles. The van der Waals surface area contributed by atoms with Crippen LogP contribution >= 0.6 is 0 Å². The second kappa shape index (κ2) is 6.75. The van der Waals surface area contributed by atoms with Crippen LogP contribution in [0.4, 0.5) is 0 Å². The van der Waals surface area contributed by atoms with Crippen molar-refractivity contribution in [3.63, 3.8) is 0 Å². The van der Waals surface area contributed by atoms with Gasteiger partial charge in [-0.2, -0.15) is 5.26 Å². The molecule has 1 rings (SSSR count). The van der Waals surface area contributed by atoms with Crippen LogP contribution in [-0.4, -0.2) is 21.3 Å². The molecule has 0 aliphatic rings. The van der Waals surface area contributed by atoms with E-state index in [1.54, 1.807) is 21.3 Å². The number of hydrogen-bond donors (Lipinski definition) is 0. The first-order valence-electron chi connectivity index (χ1n) is 5.88. The molecule has 0 aliphatic heterocycles. The maximum absolute atomic E-state index is 9.00. The van der Waals surface area contributed by atoms with Crippen LogP contribution in [0.1, 0.15) is 18.9 Å². The Morgan fingerprint density at radius 2 is 1.67 bits per heavy atom. The van der Waals surface area contributed by atoms with Gasteiger partial charge in [0.05, 0.1) is 33.3 Å². The molecule has 0 saturated heterocycles. The van der Waals surface area contributed by atoms with E-state index in [1.807, 2.05) is 19.1 Å². The van der Waals surface area contributed by atoms with Crippen molar-refractivity contribution in [1.29, 1.82) is 5.26 Å². The zero-order valence-electron chi connectivity index (χ0n) is 11.3. The maximum atomic E-state index is 9.00. The highest BCUT2D eigenvalue weighted by Gasteiger charge is 2.15. The number of nitriles is 1. The highest BCUT2D eigenvalue weighted by atomic mass is 16.5. The van der Waals surface area contributed by atoms with E-state index >= 15 is 0 Å². The Morgan fingerprint density at radius 3 is 2.00 bits per heavy atom. The molecule has 1 aromatic rings. The molecule has 98 valence electrons. The van der Waals surface area contributed by atoms with E-state index in [-0.39, 0.29) is 5.92 Å². The van der Waals surface area contributed by atoms with Crippen LogP contribution in [0, 0.1) is 17.2 Å². The number of ether oxygens (including phenoxy) is 3. The van der Waals surface area contributed by atoms with E-state index < -0.39 is 0 Å². The fourth-order valence-electron chi connectivity index (χ4n) is 1.82. The summed E-state index contributed by atoms with van der Waals surface area (Å²) in [7, 11) is 4.75. The Bertz CT molecular complexity index is 412. The molecule has 0 aliphatic carbocycles. The quantitative estimate of drug-likeness (QED) is 0.778. The third kappa shape index (κ3) is 3.07. The topological polar surface area (TPSA) is 51.5 Å². The summed E-state index contributed by atoms with van der Waals surface area (Å²) in [5.41, 5.74) is 1.01. The van der Waals surface area contributed by atoms with Gasteiger partial charge in [-0.05, 0) is 30.5 Å². The molecule has 0 fully saturated rings. The van der Waals surface area contributed by atoms with Crippen LogP contribution in [0.25, 0.3) is 0 Å². The average molecular weight is 249 g/mol. The monoisotopic (exact) mass is 249 g/mol. The van der Waals surface area contributed by atoms with Crippen molar-refractivity contribution >= 4 is 0 Å². The summed E-state index contributed by atoms with van der Waals surface area (Å²) in [6.45, 7) is 2.01. The second-order valence-corrected chi connectivity index (χ2v) is 3.97. The maximum Gasteiger partial charge on any atom is 0.203 e. The molecule has 1 unspecified atom stereocenters. The van der Waals surface area contributed by atoms with Gasteiger partial charge in [-0.15, -0.1) is 0 Å². The highest BCUT2D eigenvalue weighted by Crippen LogP contribution is 2.38. The van der Waals surface area contributed by atoms with Gasteiger partial charge < -0.3 is 14.2 Å². The van der Waals surface area contributed by atoms with Gasteiger partial charge in [-0.3, -0.25) is 0 Å². The molecule has 0 aromatic heterocycles. The first-order valence-corrected chi connectivity index (χ1v) is 5.88. The molecule has 0 amide bonds. The second-order valence-electron chi connectivity index (χ2n) is 3.97. The molecule has 0 bridgehead atoms. The lowest BCUT2D eigenvalue weighted by atomic mass is 9.98. The van der Waals surface area contributed by atoms with Crippen LogP contribution < -0.4 is 14.2 Å². The van der Waals surface area contributed by atoms with E-state index in [2.05, 4.69) is 6.07 Å². The molecule has 0 radical (unpaired) electrons. The van der Waals surface area contributed by atoms with Crippen molar-refractivity contribution in [3.05, 3.63) is 17.7 Å². The van der Waals surface area contributed by atoms with E-state index in [9.17, 15) is 0 Å². The lowest BCUT2D eigenvalue weighted by Gasteiger charge is -2.15. The van der Waals surface area contributed by atoms with E-state index in [0.717, 1.165) is 12.0 Å². The van der Waals surface area contributed by atoms with Crippen molar-refractivity contribution in [1.82, 2.24) is 0 Å². The van der Waals surface area contributed by atoms with Gasteiger partial charge in [0.1, 0.15) is 0 Å². The Labute approximate surface area is 108 Å². The van der Waals surface area contributed by atoms with E-state index in [4.69, 9.17) is 19.5 Å². The molecule has 1 aromatic carbocycles. The van der Waals surface area contributed by atoms with Crippen LogP contribution in [-0.2, 0) is 6.42 Å². The van der Waals surface area contributed by atoms with Crippen molar-refractivity contribution in [2.45, 2.75) is 19.8 Å². The number of benzene rings is 1. The summed E-state index contributed by atoms with van der Waals surface area (Å²) in [6, 6.07) is 6.07. The molecule has 18 heavy (non-hydrogen) atoms. The van der Waals surface area contributed by atoms with Gasteiger partial charge >= 0.3 is 0 Å². The van der Waals surface area contributed by atoms with Crippen LogP contribution in [0.2, 0.25) is 0 Å². The molecular formula is C14H19NO3. The molecule has 4 heteroatoms. The summed E-state index contributed by atoms with van der Waals surface area (Å²) in [5, 5.41) is 9.00. The lowest BCUT2D eigenvalue weighted by Crippen LogP contribution is -2.02. The molecule has 0 saturated carbocycles. The predicted molar refractivity (Wildman–Crippen MR) is 69.2 cm³/mol. The smallest absolute Gasteiger partial charge is 0.203 e. The van der Waals surface area contributed by atoms with Crippen LogP contribution in [0.3, 0.4) is 0 Å². The highest BCUT2D eigenvalue weighted by molar-refractivity contribution is 5.53. The largest absolute Gasteiger partial charge is 0.493 e. The minimum atomic E-state index is 0.00723. The fraction of sp³-hybridized carbons (Fsp3) is 0.500. The minimum Gasteiger partial charge on any atom is -0.493 e. The number of methoxy groups -OCH3 is 3. The summed E-state index contributed by atoms with van der Waals surface area (Å²) >= 11 is 0. The molecular weight excluding hydrogens is 230 g/mol. The summed E-state index contributed by atoms with van der Waals surface area (Å²) in [4.78, 5) is 0. The van der Waals surface area contributed by atoms with Gasteiger partial charge in [0.15, 0.2) is 11.5 Å². The van der Waals surface area contributed by atoms with Crippen molar-refractivity contribution < 1.29 is 14.2 Å². The molecule has 0 spiro atoms. The zero-order chi connectivity index (χ0) is 13.5. The standard InChI is InChI=1S/C14H19NO3/c1-5-10(9-15)6-11-7-12(16-2)14(18-4)13(8-11)17-3/h7-8,10H,5-6H2,1-4H3. The Morgan fingerprint density at radius 1 is 1.11 bits per heavy atom. The summed E-state index contributed by atoms with van der Waals surface area (Å²) in [5.74, 6) is 1.83. The van der Waals surface area contributed by atoms with Gasteiger partial charge in [-0.25, -0.2) is 0 Å². The zero-order valence-corrected chi connectivity index (χ0v) is 11.3. The molecule has 0 N–H and O–H groups in total. The van der Waals surface area contributed by atoms with Crippen molar-refractivity contribution in [2.24, 2.45) is 5.92 Å². The first-order chi connectivity index (χ1) is 8.69. The van der Waals surface area contributed by atoms with E-state index in [0.29, 0.717) is 23.7 Å². The number of nitrogens with zero attached hydrogens (tertiary/aromatic N) is 1. The Kier molecular flexibility index (Phi) is 5.31. The Balaban J connectivity index is 3.11. The average Bonchev–Trinajstić information content (AvgIpc) is 2.43. The SMILES string of the molecule is CCC(C#N)Cc1cc(OC)c(OC)c(OC)c1. The minimum absolute atomic E-state index is 0.00723. The molecule has 4 nitrogen and oxygen atoms in total. The lowest BCUT2D eigenvalue weighted by molar-refractivity contribution is 0.323. The summed E-state index contributed by atoms with van der Waals surface area (Å²) in [6.07, 6.45) is 1.51. The number of hydrogen-bond acceptors (Lipinski definition) is 4. The first kappa shape index (κ1) is 14.2. The van der Waals surface area contributed by atoms with Crippen LogP contribution in [0.5, 0.6) is 17.2 Å². The van der Waals surface area contributed by atoms with Gasteiger partial charge in [0.25, 0.3) is 0 Å². The molecule has 1 atom stereocenters. The summed E-state index contributed by atoms with van der Waals surface area (Å²) < 4.78 is 15.8. The Hall–Kier alpha value is -1.89. The van der Waals surface area contributed by atoms with E-state index in [1.165, 1.54) is 0 Å². The third-order valence-electron chi connectivity index (χ3n) is 2.88. The van der Waals surface area contributed by atoms with Crippen molar-refractivity contribution in [2.75, 3.05) is 21.3 Å². The van der Waals surface area contributed by atoms with Gasteiger partial charge in [0, 0.05) is 0 Å². The van der Waals surface area contributed by atoms with Crippen LogP contribution in [0.15, 0.2) is 12.1 Å². The number of rotatable bonds is 6. The fourth-order valence-corrected chi connectivity index (χ4v) is 1.82. The van der Waals surface area contributed by atoms with Crippen molar-refractivity contribution in [3.8, 4) is 23.3 Å². The van der Waals surface area contributed by atoms with Gasteiger partial charge in [-0.1, -0.05) is 6.92 Å². The predicted octanol–water partition coefficient (Wildman–Crippen LogP) is 2.80. The normalized spacial score (nSPS) is 11.5.